The average molecular weight is 521 g/mol. The number of pyridine rings is 1. The Hall–Kier alpha value is -3.24. The van der Waals surface area contributed by atoms with E-state index in [1.54, 1.807) is 18.5 Å². The number of fused-ring (bicyclic) bond motifs is 3. The second kappa shape index (κ2) is 11.2. The van der Waals surface area contributed by atoms with Crippen molar-refractivity contribution in [3.05, 3.63) is 70.1 Å². The third kappa shape index (κ3) is 6.11. The number of nitrogens with one attached hydrogen (secondary N) is 1. The molecule has 190 valence electrons. The Bertz CT molecular complexity index is 1260. The first kappa shape index (κ1) is 25.8. The number of rotatable bonds is 9. The first-order valence-corrected chi connectivity index (χ1v) is 11.9. The Labute approximate surface area is 210 Å². The molecule has 0 radical (unpaired) electrons. The molecule has 3 aromatic rings. The molecule has 1 aliphatic carbocycles. The van der Waals surface area contributed by atoms with Crippen molar-refractivity contribution in [2.24, 2.45) is 0 Å². The van der Waals surface area contributed by atoms with Crippen molar-refractivity contribution in [2.75, 3.05) is 13.1 Å². The van der Waals surface area contributed by atoms with Gasteiger partial charge in [-0.15, -0.1) is 0 Å². The number of aryl methyl sites for hydroxylation is 3. The number of carbonyl (C=O) groups is 2. The first-order valence-electron chi connectivity index (χ1n) is 11.6. The highest BCUT2D eigenvalue weighted by Crippen LogP contribution is 2.34. The zero-order valence-corrected chi connectivity index (χ0v) is 20.0. The van der Waals surface area contributed by atoms with E-state index in [-0.39, 0.29) is 12.2 Å². The van der Waals surface area contributed by atoms with Gasteiger partial charge in [-0.1, -0.05) is 23.7 Å². The maximum Gasteiger partial charge on any atom is 0.491 e. The number of ether oxygens (including phenoxy) is 1. The van der Waals surface area contributed by atoms with Gasteiger partial charge in [0, 0.05) is 35.1 Å². The summed E-state index contributed by atoms with van der Waals surface area (Å²) in [7, 11) is 0. The lowest BCUT2D eigenvalue weighted by Crippen LogP contribution is -2.29. The van der Waals surface area contributed by atoms with E-state index < -0.39 is 18.1 Å². The number of halogens is 4. The van der Waals surface area contributed by atoms with Crippen LogP contribution in [-0.4, -0.2) is 46.0 Å². The summed E-state index contributed by atoms with van der Waals surface area (Å²) in [5.41, 5.74) is 3.70. The van der Waals surface area contributed by atoms with Gasteiger partial charge in [0.2, 0.25) is 0 Å². The minimum atomic E-state index is -5.27. The summed E-state index contributed by atoms with van der Waals surface area (Å²) >= 11 is 6.00. The van der Waals surface area contributed by atoms with Crippen LogP contribution in [-0.2, 0) is 35.3 Å². The summed E-state index contributed by atoms with van der Waals surface area (Å²) < 4.78 is 43.6. The fourth-order valence-corrected chi connectivity index (χ4v) is 4.45. The molecule has 2 heterocycles. The summed E-state index contributed by atoms with van der Waals surface area (Å²) in [6.07, 6.45) is 1.28. The molecule has 7 nitrogen and oxygen atoms in total. The number of alkyl halides is 3. The molecule has 0 fully saturated rings. The van der Waals surface area contributed by atoms with Crippen LogP contribution in [0.5, 0.6) is 0 Å². The Morgan fingerprint density at radius 3 is 2.72 bits per heavy atom. The van der Waals surface area contributed by atoms with E-state index in [2.05, 4.69) is 20.1 Å². The molecule has 0 unspecified atom stereocenters. The van der Waals surface area contributed by atoms with Crippen molar-refractivity contribution in [3.8, 4) is 11.3 Å². The number of nitrogens with zero attached hydrogens (tertiary/aromatic N) is 3. The fraction of sp³-hybridized carbons (Fsp3) is 0.360. The molecule has 0 spiro atoms. The van der Waals surface area contributed by atoms with Gasteiger partial charge >= 0.3 is 18.1 Å². The zero-order chi connectivity index (χ0) is 25.7. The number of aromatic nitrogens is 3. The van der Waals surface area contributed by atoms with E-state index >= 15 is 0 Å². The Kier molecular flexibility index (Phi) is 8.05. The number of carbonyl (C=O) groups excluding carboxylic acids is 2. The molecule has 2 aromatic heterocycles. The monoisotopic (exact) mass is 520 g/mol. The predicted octanol–water partition coefficient (Wildman–Crippen LogP) is 4.56. The van der Waals surface area contributed by atoms with Gasteiger partial charge in [0.05, 0.1) is 5.69 Å². The SMILES string of the molecule is O=C(OC(=O)C(F)(F)F)c1c2c(nn1CCCNCCCc1cccc(Cl)c1)-c1ccncc1CC2. The van der Waals surface area contributed by atoms with Crippen LogP contribution in [0.3, 0.4) is 0 Å². The third-order valence-electron chi connectivity index (χ3n) is 5.90. The zero-order valence-electron chi connectivity index (χ0n) is 19.3. The molecule has 0 atom stereocenters. The summed E-state index contributed by atoms with van der Waals surface area (Å²) in [6.45, 7) is 1.63. The van der Waals surface area contributed by atoms with Gasteiger partial charge in [-0.05, 0) is 74.5 Å². The molecule has 0 aliphatic heterocycles. The molecule has 1 aromatic carbocycles. The standard InChI is InChI=1S/C25H24ClF3N4O3/c26-18-6-1-4-16(14-18)5-2-10-30-11-3-13-33-22(23(34)36-24(35)25(27,28)29)20-8-7-17-15-31-12-9-19(17)21(20)32-33/h1,4,6,9,12,14-15,30H,2-3,5,7-8,10-11,13H2. The molecule has 0 saturated carbocycles. The van der Waals surface area contributed by atoms with Crippen LogP contribution < -0.4 is 5.32 Å². The predicted molar refractivity (Wildman–Crippen MR) is 127 cm³/mol. The number of hydrogen-bond acceptors (Lipinski definition) is 6. The number of esters is 2. The Morgan fingerprint density at radius 1 is 1.14 bits per heavy atom. The highest BCUT2D eigenvalue weighted by Gasteiger charge is 2.43. The molecule has 1 N–H and O–H groups in total. The summed E-state index contributed by atoms with van der Waals surface area (Å²) in [5, 5.41) is 8.54. The van der Waals surface area contributed by atoms with Crippen molar-refractivity contribution in [3.63, 3.8) is 0 Å². The normalized spacial score (nSPS) is 12.7. The largest absolute Gasteiger partial charge is 0.491 e. The molecule has 1 aliphatic rings. The number of hydrogen-bond donors (Lipinski definition) is 1. The third-order valence-corrected chi connectivity index (χ3v) is 6.13. The molecular formula is C25H24ClF3N4O3. The van der Waals surface area contributed by atoms with Crippen molar-refractivity contribution in [1.82, 2.24) is 20.1 Å². The summed E-state index contributed by atoms with van der Waals surface area (Å²) in [4.78, 5) is 28.1. The van der Waals surface area contributed by atoms with Crippen LogP contribution in [0.25, 0.3) is 11.3 Å². The van der Waals surface area contributed by atoms with Gasteiger partial charge in [0.1, 0.15) is 0 Å². The van der Waals surface area contributed by atoms with E-state index in [1.807, 2.05) is 24.3 Å². The topological polar surface area (TPSA) is 86.1 Å². The van der Waals surface area contributed by atoms with Gasteiger partial charge in [-0.2, -0.15) is 18.3 Å². The summed E-state index contributed by atoms with van der Waals surface area (Å²) in [5.74, 6) is -3.89. The van der Waals surface area contributed by atoms with Crippen LogP contribution >= 0.6 is 11.6 Å². The Morgan fingerprint density at radius 2 is 1.94 bits per heavy atom. The second-order valence-electron chi connectivity index (χ2n) is 8.44. The van der Waals surface area contributed by atoms with Gasteiger partial charge in [0.15, 0.2) is 5.69 Å². The average Bonchev–Trinajstić information content (AvgIpc) is 3.22. The van der Waals surface area contributed by atoms with E-state index in [0.29, 0.717) is 42.1 Å². The maximum atomic E-state index is 12.7. The molecular weight excluding hydrogens is 497 g/mol. The van der Waals surface area contributed by atoms with Crippen LogP contribution in [0.2, 0.25) is 5.02 Å². The second-order valence-corrected chi connectivity index (χ2v) is 8.88. The van der Waals surface area contributed by atoms with Crippen molar-refractivity contribution >= 4 is 23.5 Å². The van der Waals surface area contributed by atoms with Gasteiger partial charge < -0.3 is 10.1 Å². The van der Waals surface area contributed by atoms with E-state index in [1.165, 1.54) is 4.68 Å². The maximum absolute atomic E-state index is 12.7. The Balaban J connectivity index is 1.41. The molecule has 36 heavy (non-hydrogen) atoms. The van der Waals surface area contributed by atoms with Crippen LogP contribution in [0, 0.1) is 0 Å². The molecule has 11 heteroatoms. The first-order chi connectivity index (χ1) is 17.2. The highest BCUT2D eigenvalue weighted by atomic mass is 35.5. The minimum Gasteiger partial charge on any atom is -0.381 e. The number of benzene rings is 1. The van der Waals surface area contributed by atoms with E-state index in [4.69, 9.17) is 11.6 Å². The lowest BCUT2D eigenvalue weighted by molar-refractivity contribution is -0.193. The van der Waals surface area contributed by atoms with Crippen molar-refractivity contribution in [2.45, 2.75) is 44.8 Å². The van der Waals surface area contributed by atoms with E-state index in [9.17, 15) is 22.8 Å². The molecule has 0 amide bonds. The summed E-state index contributed by atoms with van der Waals surface area (Å²) in [6, 6.07) is 9.44. The van der Waals surface area contributed by atoms with Gasteiger partial charge in [-0.25, -0.2) is 9.59 Å². The van der Waals surface area contributed by atoms with Crippen LogP contribution in [0.1, 0.15) is 40.0 Å². The quantitative estimate of drug-likeness (QED) is 0.253. The van der Waals surface area contributed by atoms with Crippen LogP contribution in [0.4, 0.5) is 13.2 Å². The lowest BCUT2D eigenvalue weighted by Gasteiger charge is -2.15. The van der Waals surface area contributed by atoms with E-state index in [0.717, 1.165) is 36.1 Å². The van der Waals surface area contributed by atoms with Crippen molar-refractivity contribution in [1.29, 1.82) is 0 Å². The smallest absolute Gasteiger partial charge is 0.381 e. The molecule has 0 bridgehead atoms. The lowest BCUT2D eigenvalue weighted by atomic mass is 9.90. The highest BCUT2D eigenvalue weighted by molar-refractivity contribution is 6.30. The fourth-order valence-electron chi connectivity index (χ4n) is 4.24. The molecule has 0 saturated heterocycles. The molecule has 4 rings (SSSR count). The van der Waals surface area contributed by atoms with Gasteiger partial charge in [-0.3, -0.25) is 9.67 Å². The minimum absolute atomic E-state index is 0.119. The van der Waals surface area contributed by atoms with Gasteiger partial charge in [0.25, 0.3) is 0 Å². The van der Waals surface area contributed by atoms with Crippen LogP contribution in [0.15, 0.2) is 42.7 Å². The van der Waals surface area contributed by atoms with Crippen molar-refractivity contribution < 1.29 is 27.5 Å².